The van der Waals surface area contributed by atoms with E-state index in [9.17, 15) is 4.79 Å². The predicted molar refractivity (Wildman–Crippen MR) is 134 cm³/mol. The van der Waals surface area contributed by atoms with E-state index < -0.39 is 0 Å². The Bertz CT molecular complexity index is 1210. The van der Waals surface area contributed by atoms with Crippen LogP contribution < -0.4 is 5.32 Å². The monoisotopic (exact) mass is 482 g/mol. The minimum Gasteiger partial charge on any atom is -0.325 e. The van der Waals surface area contributed by atoms with Crippen LogP contribution in [0.2, 0.25) is 5.02 Å². The van der Waals surface area contributed by atoms with Gasteiger partial charge in [0.1, 0.15) is 0 Å². The third kappa shape index (κ3) is 5.06. The van der Waals surface area contributed by atoms with E-state index in [1.165, 1.54) is 11.8 Å². The third-order valence-electron chi connectivity index (χ3n) is 4.80. The molecule has 1 amide bonds. The molecule has 0 aliphatic rings. The highest BCUT2D eigenvalue weighted by molar-refractivity contribution is 7.99. The Hall–Kier alpha value is -2.61. The van der Waals surface area contributed by atoms with Crippen LogP contribution in [0.4, 0.5) is 5.69 Å². The van der Waals surface area contributed by atoms with Crippen LogP contribution >= 0.6 is 34.7 Å². The zero-order chi connectivity index (χ0) is 22.7. The fourth-order valence-corrected chi connectivity index (χ4v) is 4.89. The number of amides is 1. The largest absolute Gasteiger partial charge is 0.325 e. The van der Waals surface area contributed by atoms with Crippen molar-refractivity contribution in [1.82, 2.24) is 14.8 Å². The average molecular weight is 483 g/mol. The molecule has 164 valence electrons. The van der Waals surface area contributed by atoms with Crippen molar-refractivity contribution >= 4 is 46.3 Å². The Morgan fingerprint density at radius 1 is 1.06 bits per heavy atom. The molecule has 0 saturated heterocycles. The molecule has 0 aliphatic heterocycles. The summed E-state index contributed by atoms with van der Waals surface area (Å²) in [6.45, 7) is 6.40. The number of thiophene rings is 1. The first kappa shape index (κ1) is 22.6. The Morgan fingerprint density at radius 2 is 1.81 bits per heavy atom. The van der Waals surface area contributed by atoms with E-state index in [1.54, 1.807) is 11.3 Å². The van der Waals surface area contributed by atoms with E-state index in [1.807, 2.05) is 70.6 Å². The number of thioether (sulfide) groups is 1. The van der Waals surface area contributed by atoms with Crippen molar-refractivity contribution in [1.29, 1.82) is 0 Å². The molecule has 0 spiro atoms. The Labute approximate surface area is 200 Å². The Kier molecular flexibility index (Phi) is 6.69. The molecular formula is C24H23ClN4OS2. The van der Waals surface area contributed by atoms with E-state index >= 15 is 0 Å². The fraction of sp³-hybridized carbons (Fsp3) is 0.208. The highest BCUT2D eigenvalue weighted by Gasteiger charge is 2.20. The van der Waals surface area contributed by atoms with Gasteiger partial charge < -0.3 is 5.32 Å². The van der Waals surface area contributed by atoms with Crippen molar-refractivity contribution < 1.29 is 4.79 Å². The lowest BCUT2D eigenvalue weighted by Crippen LogP contribution is -2.20. The number of hydrogen-bond acceptors (Lipinski definition) is 5. The lowest BCUT2D eigenvalue weighted by atomic mass is 9.86. The lowest BCUT2D eigenvalue weighted by molar-refractivity contribution is -0.113. The topological polar surface area (TPSA) is 59.8 Å². The van der Waals surface area contributed by atoms with Crippen molar-refractivity contribution in [2.75, 3.05) is 11.1 Å². The van der Waals surface area contributed by atoms with E-state index in [0.29, 0.717) is 10.2 Å². The first-order chi connectivity index (χ1) is 15.3. The number of carbonyl (C=O) groups is 1. The average Bonchev–Trinajstić information content (AvgIpc) is 3.42. The summed E-state index contributed by atoms with van der Waals surface area (Å²) in [5.41, 5.74) is 2.76. The maximum atomic E-state index is 12.8. The standard InChI is InChI=1S/C24H23ClN4OS2/c1-24(2,3)18-7-4-5-8-19(18)26-21(30)15-32-23-28-27-22(20-9-6-14-31-20)29(23)17-12-10-16(25)11-13-17/h4-14H,15H2,1-3H3,(H,26,30). The van der Waals surface area contributed by atoms with E-state index in [2.05, 4.69) is 36.3 Å². The van der Waals surface area contributed by atoms with Gasteiger partial charge in [0.05, 0.1) is 10.6 Å². The van der Waals surface area contributed by atoms with Crippen LogP contribution in [-0.2, 0) is 10.2 Å². The van der Waals surface area contributed by atoms with Crippen LogP contribution in [0.5, 0.6) is 0 Å². The lowest BCUT2D eigenvalue weighted by Gasteiger charge is -2.23. The summed E-state index contributed by atoms with van der Waals surface area (Å²) in [4.78, 5) is 13.8. The normalized spacial score (nSPS) is 11.5. The van der Waals surface area contributed by atoms with Gasteiger partial charge in [-0.05, 0) is 52.8 Å². The number of para-hydroxylation sites is 1. The van der Waals surface area contributed by atoms with Gasteiger partial charge >= 0.3 is 0 Å². The van der Waals surface area contributed by atoms with E-state index in [4.69, 9.17) is 11.6 Å². The van der Waals surface area contributed by atoms with Crippen molar-refractivity contribution in [2.24, 2.45) is 0 Å². The minimum atomic E-state index is -0.0879. The van der Waals surface area contributed by atoms with Gasteiger partial charge in [-0.25, -0.2) is 0 Å². The molecule has 4 aromatic rings. The van der Waals surface area contributed by atoms with Crippen LogP contribution in [-0.4, -0.2) is 26.4 Å². The number of anilines is 1. The number of nitrogens with zero attached hydrogens (tertiary/aromatic N) is 3. The minimum absolute atomic E-state index is 0.0681. The SMILES string of the molecule is CC(C)(C)c1ccccc1NC(=O)CSc1nnc(-c2cccs2)n1-c1ccc(Cl)cc1. The van der Waals surface area contributed by atoms with Crippen molar-refractivity contribution in [3.63, 3.8) is 0 Å². The number of nitrogens with one attached hydrogen (secondary N) is 1. The zero-order valence-corrected chi connectivity index (χ0v) is 20.4. The quantitative estimate of drug-likeness (QED) is 0.311. The van der Waals surface area contributed by atoms with Crippen LogP contribution in [0.15, 0.2) is 71.2 Å². The first-order valence-corrected chi connectivity index (χ1v) is 12.3. The number of hydrogen-bond donors (Lipinski definition) is 1. The van der Waals surface area contributed by atoms with Gasteiger partial charge in [-0.3, -0.25) is 9.36 Å². The first-order valence-electron chi connectivity index (χ1n) is 10.1. The second-order valence-corrected chi connectivity index (χ2v) is 10.6. The molecule has 0 atom stereocenters. The highest BCUT2D eigenvalue weighted by atomic mass is 35.5. The van der Waals surface area contributed by atoms with Gasteiger partial charge in [0, 0.05) is 16.4 Å². The molecule has 8 heteroatoms. The predicted octanol–water partition coefficient (Wildman–Crippen LogP) is 6.68. The van der Waals surface area contributed by atoms with Gasteiger partial charge in [-0.2, -0.15) is 0 Å². The Balaban J connectivity index is 1.57. The number of halogens is 1. The molecule has 0 unspecified atom stereocenters. The summed E-state index contributed by atoms with van der Waals surface area (Å²) in [6, 6.07) is 19.4. The maximum Gasteiger partial charge on any atom is 0.234 e. The molecule has 0 fully saturated rings. The van der Waals surface area contributed by atoms with Gasteiger partial charge in [-0.1, -0.05) is 68.4 Å². The number of aromatic nitrogens is 3. The smallest absolute Gasteiger partial charge is 0.234 e. The molecule has 4 rings (SSSR count). The molecular weight excluding hydrogens is 460 g/mol. The summed E-state index contributed by atoms with van der Waals surface area (Å²) in [6.07, 6.45) is 0. The van der Waals surface area contributed by atoms with Gasteiger partial charge in [0.15, 0.2) is 11.0 Å². The molecule has 0 saturated carbocycles. The molecule has 32 heavy (non-hydrogen) atoms. The van der Waals surface area contributed by atoms with Crippen molar-refractivity contribution in [3.05, 3.63) is 76.6 Å². The molecule has 2 aromatic heterocycles. The summed E-state index contributed by atoms with van der Waals surface area (Å²) >= 11 is 9.03. The fourth-order valence-electron chi connectivity index (χ4n) is 3.31. The molecule has 0 aliphatic carbocycles. The summed E-state index contributed by atoms with van der Waals surface area (Å²) in [7, 11) is 0. The van der Waals surface area contributed by atoms with Gasteiger partial charge in [0.2, 0.25) is 5.91 Å². The summed E-state index contributed by atoms with van der Waals surface area (Å²) < 4.78 is 1.96. The molecule has 5 nitrogen and oxygen atoms in total. The second kappa shape index (κ2) is 9.48. The zero-order valence-electron chi connectivity index (χ0n) is 18.0. The molecule has 2 heterocycles. The van der Waals surface area contributed by atoms with E-state index in [-0.39, 0.29) is 17.1 Å². The molecule has 1 N–H and O–H groups in total. The second-order valence-electron chi connectivity index (χ2n) is 8.23. The number of benzene rings is 2. The maximum absolute atomic E-state index is 12.8. The van der Waals surface area contributed by atoms with Crippen LogP contribution in [0, 0.1) is 0 Å². The van der Waals surface area contributed by atoms with E-state index in [0.717, 1.165) is 27.6 Å². The van der Waals surface area contributed by atoms with Crippen molar-refractivity contribution in [2.45, 2.75) is 31.3 Å². The van der Waals surface area contributed by atoms with Gasteiger partial charge in [-0.15, -0.1) is 21.5 Å². The third-order valence-corrected chi connectivity index (χ3v) is 6.85. The number of carbonyl (C=O) groups excluding carboxylic acids is 1. The summed E-state index contributed by atoms with van der Waals surface area (Å²) in [5.74, 6) is 0.868. The van der Waals surface area contributed by atoms with Gasteiger partial charge in [0.25, 0.3) is 0 Å². The molecule has 0 radical (unpaired) electrons. The molecule has 0 bridgehead atoms. The molecule has 2 aromatic carbocycles. The summed E-state index contributed by atoms with van der Waals surface area (Å²) in [5, 5.41) is 15.1. The number of rotatable bonds is 6. The van der Waals surface area contributed by atoms with Crippen LogP contribution in [0.3, 0.4) is 0 Å². The van der Waals surface area contributed by atoms with Crippen LogP contribution in [0.25, 0.3) is 16.4 Å². The van der Waals surface area contributed by atoms with Crippen LogP contribution in [0.1, 0.15) is 26.3 Å². The van der Waals surface area contributed by atoms with Crippen molar-refractivity contribution in [3.8, 4) is 16.4 Å². The Morgan fingerprint density at radius 3 is 2.50 bits per heavy atom. The highest BCUT2D eigenvalue weighted by Crippen LogP contribution is 2.32.